The maximum atomic E-state index is 11.9. The smallest absolute Gasteiger partial charge is 0.270 e. The van der Waals surface area contributed by atoms with Crippen molar-refractivity contribution in [3.05, 3.63) is 48.2 Å². The SMILES string of the molecule is CC(Cc1cnccn1)NC(=O)c1cccc(N)n1. The van der Waals surface area contributed by atoms with Gasteiger partial charge in [0, 0.05) is 31.1 Å². The molecule has 0 aromatic carbocycles. The van der Waals surface area contributed by atoms with Crippen molar-refractivity contribution in [2.24, 2.45) is 0 Å². The van der Waals surface area contributed by atoms with Gasteiger partial charge in [-0.2, -0.15) is 0 Å². The van der Waals surface area contributed by atoms with Gasteiger partial charge in [-0.05, 0) is 19.1 Å². The summed E-state index contributed by atoms with van der Waals surface area (Å²) in [4.78, 5) is 24.0. The highest BCUT2D eigenvalue weighted by Crippen LogP contribution is 2.02. The molecule has 0 bridgehead atoms. The minimum Gasteiger partial charge on any atom is -0.384 e. The van der Waals surface area contributed by atoms with Crippen LogP contribution in [0.1, 0.15) is 23.1 Å². The highest BCUT2D eigenvalue weighted by Gasteiger charge is 2.12. The maximum absolute atomic E-state index is 11.9. The fraction of sp³-hybridized carbons (Fsp3) is 0.231. The Kier molecular flexibility index (Phi) is 4.02. The molecule has 2 aromatic rings. The molecule has 1 amide bonds. The number of nitrogens with zero attached hydrogens (tertiary/aromatic N) is 3. The standard InChI is InChI=1S/C13H15N5O/c1-9(7-10-8-15-5-6-16-10)17-13(19)11-3-2-4-12(14)18-11/h2-6,8-9H,7H2,1H3,(H2,14,18)(H,17,19). The highest BCUT2D eigenvalue weighted by atomic mass is 16.1. The number of nitrogens with one attached hydrogen (secondary N) is 1. The van der Waals surface area contributed by atoms with E-state index in [0.717, 1.165) is 5.69 Å². The Bertz CT molecular complexity index is 558. The van der Waals surface area contributed by atoms with E-state index >= 15 is 0 Å². The summed E-state index contributed by atoms with van der Waals surface area (Å²) < 4.78 is 0. The molecule has 19 heavy (non-hydrogen) atoms. The molecule has 0 fully saturated rings. The normalized spacial score (nSPS) is 11.8. The van der Waals surface area contributed by atoms with Crippen LogP contribution in [-0.2, 0) is 6.42 Å². The van der Waals surface area contributed by atoms with Crippen LogP contribution in [0, 0.1) is 0 Å². The van der Waals surface area contributed by atoms with Gasteiger partial charge in [0.25, 0.3) is 5.91 Å². The lowest BCUT2D eigenvalue weighted by Crippen LogP contribution is -2.34. The van der Waals surface area contributed by atoms with Gasteiger partial charge in [0.05, 0.1) is 5.69 Å². The quantitative estimate of drug-likeness (QED) is 0.845. The van der Waals surface area contributed by atoms with Crippen LogP contribution in [0.2, 0.25) is 0 Å². The minimum atomic E-state index is -0.247. The van der Waals surface area contributed by atoms with E-state index < -0.39 is 0 Å². The van der Waals surface area contributed by atoms with Gasteiger partial charge in [-0.25, -0.2) is 4.98 Å². The molecule has 0 radical (unpaired) electrons. The van der Waals surface area contributed by atoms with Crippen LogP contribution in [0.15, 0.2) is 36.8 Å². The van der Waals surface area contributed by atoms with Gasteiger partial charge >= 0.3 is 0 Å². The van der Waals surface area contributed by atoms with Crippen molar-refractivity contribution in [2.75, 3.05) is 5.73 Å². The average molecular weight is 257 g/mol. The van der Waals surface area contributed by atoms with Gasteiger partial charge in [0.2, 0.25) is 0 Å². The predicted octanol–water partition coefficient (Wildman–Crippen LogP) is 0.815. The third kappa shape index (κ3) is 3.74. The third-order valence-electron chi connectivity index (χ3n) is 2.51. The summed E-state index contributed by atoms with van der Waals surface area (Å²) >= 11 is 0. The van der Waals surface area contributed by atoms with Gasteiger partial charge < -0.3 is 11.1 Å². The van der Waals surface area contributed by atoms with Crippen molar-refractivity contribution in [1.82, 2.24) is 20.3 Å². The molecule has 0 aliphatic heterocycles. The largest absolute Gasteiger partial charge is 0.384 e. The Balaban J connectivity index is 1.95. The molecular formula is C13H15N5O. The molecule has 0 spiro atoms. The Morgan fingerprint density at radius 2 is 2.26 bits per heavy atom. The first-order chi connectivity index (χ1) is 9.15. The molecule has 2 rings (SSSR count). The van der Waals surface area contributed by atoms with Crippen LogP contribution in [0.5, 0.6) is 0 Å². The molecule has 0 saturated carbocycles. The number of rotatable bonds is 4. The lowest BCUT2D eigenvalue weighted by Gasteiger charge is -2.12. The van der Waals surface area contributed by atoms with Crippen molar-refractivity contribution in [1.29, 1.82) is 0 Å². The molecule has 6 heteroatoms. The number of carbonyl (C=O) groups excluding carboxylic acids is 1. The second-order valence-electron chi connectivity index (χ2n) is 4.22. The predicted molar refractivity (Wildman–Crippen MR) is 71.3 cm³/mol. The van der Waals surface area contributed by atoms with Crippen molar-refractivity contribution in [3.63, 3.8) is 0 Å². The molecule has 6 nitrogen and oxygen atoms in total. The molecule has 2 heterocycles. The first-order valence-corrected chi connectivity index (χ1v) is 5.93. The summed E-state index contributed by atoms with van der Waals surface area (Å²) in [6, 6.07) is 4.90. The molecule has 1 atom stereocenters. The van der Waals surface area contributed by atoms with E-state index in [9.17, 15) is 4.79 Å². The van der Waals surface area contributed by atoms with E-state index in [4.69, 9.17) is 5.73 Å². The topological polar surface area (TPSA) is 93.8 Å². The van der Waals surface area contributed by atoms with Crippen LogP contribution in [0.3, 0.4) is 0 Å². The zero-order valence-corrected chi connectivity index (χ0v) is 10.6. The molecular weight excluding hydrogens is 242 g/mol. The van der Waals surface area contributed by atoms with Gasteiger partial charge in [0.1, 0.15) is 11.5 Å². The fourth-order valence-corrected chi connectivity index (χ4v) is 1.68. The number of hydrogen-bond acceptors (Lipinski definition) is 5. The van der Waals surface area contributed by atoms with Gasteiger partial charge in [-0.3, -0.25) is 14.8 Å². The van der Waals surface area contributed by atoms with Crippen LogP contribution < -0.4 is 11.1 Å². The van der Waals surface area contributed by atoms with Gasteiger partial charge in [0.15, 0.2) is 0 Å². The zero-order valence-electron chi connectivity index (χ0n) is 10.6. The molecule has 3 N–H and O–H groups in total. The lowest BCUT2D eigenvalue weighted by molar-refractivity contribution is 0.0935. The number of carbonyl (C=O) groups is 1. The number of aromatic nitrogens is 3. The van der Waals surface area contributed by atoms with E-state index in [1.807, 2.05) is 6.92 Å². The number of anilines is 1. The average Bonchev–Trinajstić information content (AvgIpc) is 2.39. The van der Waals surface area contributed by atoms with Crippen LogP contribution in [0.4, 0.5) is 5.82 Å². The van der Waals surface area contributed by atoms with Crippen molar-refractivity contribution < 1.29 is 4.79 Å². The van der Waals surface area contributed by atoms with E-state index in [-0.39, 0.29) is 11.9 Å². The number of amides is 1. The van der Waals surface area contributed by atoms with E-state index in [2.05, 4.69) is 20.3 Å². The summed E-state index contributed by atoms with van der Waals surface area (Å²) in [5.41, 5.74) is 6.68. The van der Waals surface area contributed by atoms with Crippen molar-refractivity contribution in [2.45, 2.75) is 19.4 Å². The van der Waals surface area contributed by atoms with Crippen LogP contribution in [0.25, 0.3) is 0 Å². The maximum Gasteiger partial charge on any atom is 0.270 e. The van der Waals surface area contributed by atoms with Gasteiger partial charge in [-0.15, -0.1) is 0 Å². The van der Waals surface area contributed by atoms with E-state index in [0.29, 0.717) is 17.9 Å². The summed E-state index contributed by atoms with van der Waals surface area (Å²) in [6.45, 7) is 1.90. The number of nitrogens with two attached hydrogens (primary N) is 1. The highest BCUT2D eigenvalue weighted by molar-refractivity contribution is 5.92. The van der Waals surface area contributed by atoms with Crippen molar-refractivity contribution in [3.8, 4) is 0 Å². The summed E-state index contributed by atoms with van der Waals surface area (Å²) in [7, 11) is 0. The third-order valence-corrected chi connectivity index (χ3v) is 2.51. The minimum absolute atomic E-state index is 0.0626. The second-order valence-corrected chi connectivity index (χ2v) is 4.22. The van der Waals surface area contributed by atoms with Gasteiger partial charge in [-0.1, -0.05) is 6.07 Å². The second kappa shape index (κ2) is 5.90. The Labute approximate surface area is 111 Å². The number of pyridine rings is 1. The fourth-order valence-electron chi connectivity index (χ4n) is 1.68. The number of nitrogen functional groups attached to an aromatic ring is 1. The van der Waals surface area contributed by atoms with E-state index in [1.165, 1.54) is 0 Å². The van der Waals surface area contributed by atoms with Crippen LogP contribution >= 0.6 is 0 Å². The summed E-state index contributed by atoms with van der Waals surface area (Å²) in [6.07, 6.45) is 5.54. The summed E-state index contributed by atoms with van der Waals surface area (Å²) in [5, 5.41) is 2.85. The Hall–Kier alpha value is -2.50. The van der Waals surface area contributed by atoms with E-state index in [1.54, 1.807) is 36.8 Å². The lowest BCUT2D eigenvalue weighted by atomic mass is 10.2. The van der Waals surface area contributed by atoms with Crippen LogP contribution in [-0.4, -0.2) is 26.9 Å². The summed E-state index contributed by atoms with van der Waals surface area (Å²) in [5.74, 6) is 0.0814. The molecule has 2 aromatic heterocycles. The molecule has 0 aliphatic rings. The Morgan fingerprint density at radius 1 is 1.42 bits per heavy atom. The first-order valence-electron chi connectivity index (χ1n) is 5.93. The molecule has 1 unspecified atom stereocenters. The zero-order chi connectivity index (χ0) is 13.7. The molecule has 98 valence electrons. The molecule has 0 saturated heterocycles. The Morgan fingerprint density at radius 3 is 2.95 bits per heavy atom. The van der Waals surface area contributed by atoms with Crippen molar-refractivity contribution >= 4 is 11.7 Å². The first kappa shape index (κ1) is 12.9. The monoisotopic (exact) mass is 257 g/mol. The molecule has 0 aliphatic carbocycles. The number of hydrogen-bond donors (Lipinski definition) is 2.